The molecule has 140 valence electrons. The molecule has 0 bridgehead atoms. The highest BCUT2D eigenvalue weighted by atomic mass is 16.3. The molecule has 1 saturated heterocycles. The lowest BCUT2D eigenvalue weighted by atomic mass is 9.95. The van der Waals surface area contributed by atoms with Gasteiger partial charge in [-0.15, -0.1) is 0 Å². The first-order chi connectivity index (χ1) is 12.5. The third kappa shape index (κ3) is 4.49. The summed E-state index contributed by atoms with van der Waals surface area (Å²) in [5.74, 6) is 1.57. The molecular weight excluding hydrogens is 328 g/mol. The molecule has 0 saturated carbocycles. The maximum atomic E-state index is 12.4. The van der Waals surface area contributed by atoms with Crippen molar-refractivity contribution in [1.29, 1.82) is 0 Å². The number of rotatable bonds is 6. The number of piperidine rings is 1. The van der Waals surface area contributed by atoms with Crippen molar-refractivity contribution in [1.82, 2.24) is 19.4 Å². The fourth-order valence-corrected chi connectivity index (χ4v) is 3.60. The molecular formula is C20H28N4O2. The van der Waals surface area contributed by atoms with Gasteiger partial charge in [-0.3, -0.25) is 9.78 Å². The van der Waals surface area contributed by atoms with Crippen LogP contribution < -0.4 is 0 Å². The van der Waals surface area contributed by atoms with Crippen LogP contribution in [0.2, 0.25) is 0 Å². The number of nitrogens with zero attached hydrogens (tertiary/aromatic N) is 4. The Morgan fingerprint density at radius 1 is 1.23 bits per heavy atom. The second-order valence-corrected chi connectivity index (χ2v) is 7.48. The summed E-state index contributed by atoms with van der Waals surface area (Å²) in [4.78, 5) is 23.1. The fraction of sp³-hybridized carbons (Fsp3) is 0.550. The van der Waals surface area contributed by atoms with Crippen molar-refractivity contribution >= 4 is 5.91 Å². The summed E-state index contributed by atoms with van der Waals surface area (Å²) in [7, 11) is 0. The monoisotopic (exact) mass is 356 g/mol. The first-order valence-corrected chi connectivity index (χ1v) is 9.42. The van der Waals surface area contributed by atoms with E-state index in [0.717, 1.165) is 24.4 Å². The SMILES string of the molecule is CC(C)C[C@H](O)C(=O)N1CCC(c2nccn2Cc2ccccn2)CC1. The number of aliphatic hydroxyl groups excluding tert-OH is 1. The molecule has 3 rings (SSSR count). The topological polar surface area (TPSA) is 71.2 Å². The van der Waals surface area contributed by atoms with E-state index in [-0.39, 0.29) is 5.91 Å². The maximum Gasteiger partial charge on any atom is 0.251 e. The first-order valence-electron chi connectivity index (χ1n) is 9.42. The molecule has 0 spiro atoms. The van der Waals surface area contributed by atoms with Gasteiger partial charge in [-0.1, -0.05) is 19.9 Å². The highest BCUT2D eigenvalue weighted by Gasteiger charge is 2.29. The molecule has 1 aliphatic heterocycles. The first kappa shape index (κ1) is 18.6. The summed E-state index contributed by atoms with van der Waals surface area (Å²) < 4.78 is 2.15. The molecule has 2 aromatic rings. The van der Waals surface area contributed by atoms with E-state index in [0.29, 0.717) is 37.9 Å². The number of carbonyl (C=O) groups is 1. The number of pyridine rings is 1. The average molecular weight is 356 g/mol. The number of hydrogen-bond donors (Lipinski definition) is 1. The maximum absolute atomic E-state index is 12.4. The van der Waals surface area contributed by atoms with E-state index >= 15 is 0 Å². The number of carbonyl (C=O) groups excluding carboxylic acids is 1. The Bertz CT molecular complexity index is 706. The standard InChI is InChI=1S/C20H28N4O2/c1-15(2)13-18(25)20(26)23-10-6-16(7-11-23)19-22-9-12-24(19)14-17-5-3-4-8-21-17/h3-5,8-9,12,15-16,18,25H,6-7,10-11,13-14H2,1-2H3/t18-/m0/s1. The van der Waals surface area contributed by atoms with Crippen molar-refractivity contribution in [2.45, 2.75) is 51.7 Å². The van der Waals surface area contributed by atoms with Crippen molar-refractivity contribution in [3.05, 3.63) is 48.3 Å². The van der Waals surface area contributed by atoms with E-state index in [9.17, 15) is 9.90 Å². The summed E-state index contributed by atoms with van der Waals surface area (Å²) in [6, 6.07) is 5.92. The summed E-state index contributed by atoms with van der Waals surface area (Å²) in [5.41, 5.74) is 1.01. The number of hydrogen-bond acceptors (Lipinski definition) is 4. The van der Waals surface area contributed by atoms with E-state index in [1.165, 1.54) is 0 Å². The van der Waals surface area contributed by atoms with Gasteiger partial charge in [0.2, 0.25) is 0 Å². The van der Waals surface area contributed by atoms with Gasteiger partial charge >= 0.3 is 0 Å². The molecule has 1 fully saturated rings. The molecule has 26 heavy (non-hydrogen) atoms. The van der Waals surface area contributed by atoms with Crippen LogP contribution in [-0.2, 0) is 11.3 Å². The Labute approximate surface area is 154 Å². The van der Waals surface area contributed by atoms with Crippen molar-refractivity contribution in [3.63, 3.8) is 0 Å². The average Bonchev–Trinajstić information content (AvgIpc) is 3.09. The van der Waals surface area contributed by atoms with E-state index in [2.05, 4.69) is 14.5 Å². The van der Waals surface area contributed by atoms with Gasteiger partial charge < -0.3 is 14.6 Å². The van der Waals surface area contributed by atoms with Crippen LogP contribution in [-0.4, -0.2) is 49.6 Å². The summed E-state index contributed by atoms with van der Waals surface area (Å²) in [6.45, 7) is 6.10. The van der Waals surface area contributed by atoms with Crippen LogP contribution in [0.25, 0.3) is 0 Å². The van der Waals surface area contributed by atoms with Crippen molar-refractivity contribution in [2.75, 3.05) is 13.1 Å². The normalized spacial score (nSPS) is 16.8. The smallest absolute Gasteiger partial charge is 0.251 e. The Balaban J connectivity index is 1.59. The van der Waals surface area contributed by atoms with Crippen molar-refractivity contribution in [3.8, 4) is 0 Å². The minimum Gasteiger partial charge on any atom is -0.383 e. The molecule has 0 aliphatic carbocycles. The molecule has 0 unspecified atom stereocenters. The summed E-state index contributed by atoms with van der Waals surface area (Å²) >= 11 is 0. The van der Waals surface area contributed by atoms with E-state index < -0.39 is 6.10 Å². The number of likely N-dealkylation sites (tertiary alicyclic amines) is 1. The lowest BCUT2D eigenvalue weighted by Crippen LogP contribution is -2.44. The second-order valence-electron chi connectivity index (χ2n) is 7.48. The molecule has 6 nitrogen and oxygen atoms in total. The predicted molar refractivity (Wildman–Crippen MR) is 99.6 cm³/mol. The van der Waals surface area contributed by atoms with Gasteiger partial charge in [0, 0.05) is 37.6 Å². The molecule has 0 radical (unpaired) electrons. The minimum absolute atomic E-state index is 0.131. The van der Waals surface area contributed by atoms with Crippen LogP contribution in [0.3, 0.4) is 0 Å². The fourth-order valence-electron chi connectivity index (χ4n) is 3.60. The molecule has 1 amide bonds. The quantitative estimate of drug-likeness (QED) is 0.863. The number of aromatic nitrogens is 3. The van der Waals surface area contributed by atoms with Crippen LogP contribution in [0.5, 0.6) is 0 Å². The summed E-state index contributed by atoms with van der Waals surface area (Å²) in [5, 5.41) is 10.1. The molecule has 2 aromatic heterocycles. The highest BCUT2D eigenvalue weighted by Crippen LogP contribution is 2.28. The zero-order valence-corrected chi connectivity index (χ0v) is 15.6. The Morgan fingerprint density at radius 3 is 2.65 bits per heavy atom. The lowest BCUT2D eigenvalue weighted by molar-refractivity contribution is -0.142. The molecule has 0 aromatic carbocycles. The van der Waals surface area contributed by atoms with Gasteiger partial charge in [-0.25, -0.2) is 4.98 Å². The van der Waals surface area contributed by atoms with E-state index in [1.807, 2.05) is 44.4 Å². The van der Waals surface area contributed by atoms with E-state index in [4.69, 9.17) is 0 Å². The lowest BCUT2D eigenvalue weighted by Gasteiger charge is -2.33. The summed E-state index contributed by atoms with van der Waals surface area (Å²) in [6.07, 6.45) is 7.03. The molecule has 1 N–H and O–H groups in total. The molecule has 6 heteroatoms. The van der Waals surface area contributed by atoms with Gasteiger partial charge in [-0.2, -0.15) is 0 Å². The number of imidazole rings is 1. The van der Waals surface area contributed by atoms with Crippen LogP contribution in [0.1, 0.15) is 50.5 Å². The minimum atomic E-state index is -0.877. The van der Waals surface area contributed by atoms with Gasteiger partial charge in [-0.05, 0) is 37.3 Å². The molecule has 1 atom stereocenters. The molecule has 3 heterocycles. The predicted octanol–water partition coefficient (Wildman–Crippen LogP) is 2.44. The highest BCUT2D eigenvalue weighted by molar-refractivity contribution is 5.80. The van der Waals surface area contributed by atoms with Gasteiger partial charge in [0.1, 0.15) is 11.9 Å². The van der Waals surface area contributed by atoms with Crippen LogP contribution in [0.4, 0.5) is 0 Å². The van der Waals surface area contributed by atoms with E-state index in [1.54, 1.807) is 11.1 Å². The zero-order chi connectivity index (χ0) is 18.5. The number of amides is 1. The Kier molecular flexibility index (Phi) is 6.04. The van der Waals surface area contributed by atoms with Crippen molar-refractivity contribution < 1.29 is 9.90 Å². The zero-order valence-electron chi connectivity index (χ0n) is 15.6. The Morgan fingerprint density at radius 2 is 2.00 bits per heavy atom. The molecule has 1 aliphatic rings. The second kappa shape index (κ2) is 8.45. The van der Waals surface area contributed by atoms with Gasteiger partial charge in [0.25, 0.3) is 5.91 Å². The Hall–Kier alpha value is -2.21. The van der Waals surface area contributed by atoms with Crippen molar-refractivity contribution in [2.24, 2.45) is 5.92 Å². The van der Waals surface area contributed by atoms with Crippen LogP contribution in [0, 0.1) is 5.92 Å². The van der Waals surface area contributed by atoms with Gasteiger partial charge in [0.15, 0.2) is 0 Å². The van der Waals surface area contributed by atoms with Crippen LogP contribution >= 0.6 is 0 Å². The number of aliphatic hydroxyl groups is 1. The third-order valence-electron chi connectivity index (χ3n) is 4.96. The van der Waals surface area contributed by atoms with Gasteiger partial charge in [0.05, 0.1) is 12.2 Å². The van der Waals surface area contributed by atoms with Crippen LogP contribution in [0.15, 0.2) is 36.8 Å². The largest absolute Gasteiger partial charge is 0.383 e. The third-order valence-corrected chi connectivity index (χ3v) is 4.96.